The number of primary amides is 1. The molecule has 2 amide bonds. The number of amides is 2. The summed E-state index contributed by atoms with van der Waals surface area (Å²) in [5.74, 6) is -3.21. The molecule has 0 aliphatic rings. The van der Waals surface area contributed by atoms with Gasteiger partial charge in [-0.05, 0) is 31.5 Å². The summed E-state index contributed by atoms with van der Waals surface area (Å²) in [5.41, 5.74) is 6.41. The Labute approximate surface area is 160 Å². The first-order valence-corrected chi connectivity index (χ1v) is 10.1. The molecule has 0 radical (unpaired) electrons. The fraction of sp³-hybridized carbons (Fsp3) is 0.235. The van der Waals surface area contributed by atoms with Gasteiger partial charge in [0.1, 0.15) is 15.6 Å². The van der Waals surface area contributed by atoms with Crippen LogP contribution in [0.1, 0.15) is 31.2 Å². The second-order valence-electron chi connectivity index (χ2n) is 5.74. The van der Waals surface area contributed by atoms with Crippen molar-refractivity contribution in [1.82, 2.24) is 0 Å². The van der Waals surface area contributed by atoms with E-state index in [2.05, 4.69) is 10.1 Å². The van der Waals surface area contributed by atoms with E-state index in [4.69, 9.17) is 5.73 Å². The van der Waals surface area contributed by atoms with Crippen molar-refractivity contribution in [2.24, 2.45) is 5.73 Å². The van der Waals surface area contributed by atoms with E-state index in [9.17, 15) is 22.8 Å². The first-order chi connectivity index (χ1) is 12.6. The van der Waals surface area contributed by atoms with Gasteiger partial charge >= 0.3 is 5.97 Å². The van der Waals surface area contributed by atoms with Crippen LogP contribution in [0.2, 0.25) is 0 Å². The van der Waals surface area contributed by atoms with Crippen LogP contribution in [-0.4, -0.2) is 39.1 Å². The number of benzene rings is 1. The lowest BCUT2D eigenvalue weighted by molar-refractivity contribution is -0.113. The van der Waals surface area contributed by atoms with Crippen LogP contribution < -0.4 is 11.1 Å². The number of sulfone groups is 1. The Kier molecular flexibility index (Phi) is 6.01. The lowest BCUT2D eigenvalue weighted by atomic mass is 10.1. The number of methoxy groups -OCH3 is 1. The lowest BCUT2D eigenvalue weighted by Gasteiger charge is -2.07. The number of rotatable bonds is 6. The highest BCUT2D eigenvalue weighted by Crippen LogP contribution is 2.33. The highest BCUT2D eigenvalue weighted by molar-refractivity contribution is 7.92. The van der Waals surface area contributed by atoms with Crippen molar-refractivity contribution in [3.63, 3.8) is 0 Å². The number of aryl methyl sites for hydroxylation is 1. The molecule has 8 nitrogen and oxygen atoms in total. The summed E-state index contributed by atoms with van der Waals surface area (Å²) in [6, 6.07) is 6.08. The van der Waals surface area contributed by atoms with Crippen LogP contribution in [0, 0.1) is 13.8 Å². The maximum atomic E-state index is 12.4. The average molecular weight is 410 g/mol. The Hall–Kier alpha value is -2.72. The highest BCUT2D eigenvalue weighted by Gasteiger charge is 2.26. The first-order valence-electron chi connectivity index (χ1n) is 7.67. The molecule has 1 aromatic heterocycles. The number of carbonyl (C=O) groups excluding carboxylic acids is 3. The van der Waals surface area contributed by atoms with E-state index in [1.165, 1.54) is 26.2 Å². The molecule has 27 heavy (non-hydrogen) atoms. The molecule has 1 aromatic carbocycles. The molecule has 3 N–H and O–H groups in total. The van der Waals surface area contributed by atoms with Crippen LogP contribution in [0.5, 0.6) is 0 Å². The molecule has 0 spiro atoms. The van der Waals surface area contributed by atoms with Crippen LogP contribution in [0.25, 0.3) is 0 Å². The number of carbonyl (C=O) groups is 3. The molecular formula is C17H18N2O6S2. The highest BCUT2D eigenvalue weighted by atomic mass is 32.2. The van der Waals surface area contributed by atoms with E-state index < -0.39 is 33.4 Å². The van der Waals surface area contributed by atoms with Crippen molar-refractivity contribution in [1.29, 1.82) is 0 Å². The Morgan fingerprint density at radius 3 is 2.26 bits per heavy atom. The van der Waals surface area contributed by atoms with Gasteiger partial charge in [0, 0.05) is 0 Å². The summed E-state index contributed by atoms with van der Waals surface area (Å²) in [7, 11) is -2.69. The second-order valence-corrected chi connectivity index (χ2v) is 8.75. The Bertz CT molecular complexity index is 1010. The summed E-state index contributed by atoms with van der Waals surface area (Å²) < 4.78 is 29.4. The van der Waals surface area contributed by atoms with Gasteiger partial charge in [-0.3, -0.25) is 9.59 Å². The number of thiophene rings is 1. The van der Waals surface area contributed by atoms with Gasteiger partial charge in [-0.1, -0.05) is 17.7 Å². The predicted molar refractivity (Wildman–Crippen MR) is 101 cm³/mol. The third-order valence-electron chi connectivity index (χ3n) is 3.72. The van der Waals surface area contributed by atoms with E-state index >= 15 is 0 Å². The number of hydrogen-bond donors (Lipinski definition) is 2. The van der Waals surface area contributed by atoms with Gasteiger partial charge in [-0.2, -0.15) is 0 Å². The SMILES string of the molecule is COC(=O)c1sc(NC(=O)CS(=O)(=O)c2ccc(C)cc2)c(C(N)=O)c1C. The van der Waals surface area contributed by atoms with Gasteiger partial charge < -0.3 is 15.8 Å². The second kappa shape index (κ2) is 7.89. The summed E-state index contributed by atoms with van der Waals surface area (Å²) in [5, 5.41) is 2.37. The van der Waals surface area contributed by atoms with Crippen molar-refractivity contribution in [3.8, 4) is 0 Å². The number of nitrogens with one attached hydrogen (secondary N) is 1. The summed E-state index contributed by atoms with van der Waals surface area (Å²) in [6.45, 7) is 3.30. The van der Waals surface area contributed by atoms with Gasteiger partial charge in [0.2, 0.25) is 5.91 Å². The largest absolute Gasteiger partial charge is 0.465 e. The van der Waals surface area contributed by atoms with E-state index in [1.54, 1.807) is 12.1 Å². The summed E-state index contributed by atoms with van der Waals surface area (Å²) >= 11 is 0.797. The smallest absolute Gasteiger partial charge is 0.348 e. The Morgan fingerprint density at radius 1 is 1.15 bits per heavy atom. The fourth-order valence-electron chi connectivity index (χ4n) is 2.35. The van der Waals surface area contributed by atoms with Crippen LogP contribution in [0.3, 0.4) is 0 Å². The zero-order valence-corrected chi connectivity index (χ0v) is 16.5. The maximum absolute atomic E-state index is 12.4. The van der Waals surface area contributed by atoms with E-state index in [0.717, 1.165) is 16.9 Å². The van der Waals surface area contributed by atoms with Crippen LogP contribution in [0.15, 0.2) is 29.2 Å². The van der Waals surface area contributed by atoms with Crippen molar-refractivity contribution >= 4 is 44.0 Å². The third-order valence-corrected chi connectivity index (χ3v) is 6.54. The van der Waals surface area contributed by atoms with Gasteiger partial charge in [0.15, 0.2) is 9.84 Å². The minimum absolute atomic E-state index is 0.00417. The molecule has 0 aliphatic carbocycles. The normalized spacial score (nSPS) is 11.1. The minimum atomic E-state index is -3.87. The van der Waals surface area contributed by atoms with Crippen molar-refractivity contribution in [2.45, 2.75) is 18.7 Å². The van der Waals surface area contributed by atoms with Gasteiger partial charge in [-0.15, -0.1) is 11.3 Å². The molecule has 0 saturated heterocycles. The molecule has 2 rings (SSSR count). The maximum Gasteiger partial charge on any atom is 0.348 e. The average Bonchev–Trinajstić information content (AvgIpc) is 2.90. The molecule has 144 valence electrons. The first kappa shape index (κ1) is 20.6. The molecule has 0 bridgehead atoms. The van der Waals surface area contributed by atoms with Crippen LogP contribution >= 0.6 is 11.3 Å². The number of nitrogens with two attached hydrogens (primary N) is 1. The standard InChI is InChI=1S/C17H18N2O6S2/c1-9-4-6-11(7-5-9)27(23,24)8-12(20)19-16-13(15(18)21)10(2)14(26-16)17(22)25-3/h4-7H,8H2,1-3H3,(H2,18,21)(H,19,20). The fourth-order valence-corrected chi connectivity index (χ4v) is 4.63. The number of esters is 1. The van der Waals surface area contributed by atoms with E-state index in [-0.39, 0.29) is 25.9 Å². The number of anilines is 1. The van der Waals surface area contributed by atoms with Gasteiger partial charge in [-0.25, -0.2) is 13.2 Å². The van der Waals surface area contributed by atoms with E-state index in [1.807, 2.05) is 6.92 Å². The monoisotopic (exact) mass is 410 g/mol. The predicted octanol–water partition coefficient (Wildman–Crippen LogP) is 1.66. The molecule has 0 saturated carbocycles. The van der Waals surface area contributed by atoms with E-state index in [0.29, 0.717) is 0 Å². The van der Waals surface area contributed by atoms with Crippen molar-refractivity contribution < 1.29 is 27.5 Å². The van der Waals surface area contributed by atoms with Gasteiger partial charge in [0.05, 0.1) is 17.6 Å². The minimum Gasteiger partial charge on any atom is -0.465 e. The molecule has 2 aromatic rings. The van der Waals surface area contributed by atoms with Crippen molar-refractivity contribution in [2.75, 3.05) is 18.2 Å². The van der Waals surface area contributed by atoms with Crippen molar-refractivity contribution in [3.05, 3.63) is 45.8 Å². The molecule has 1 heterocycles. The molecule has 0 aliphatic heterocycles. The molecular weight excluding hydrogens is 392 g/mol. The quantitative estimate of drug-likeness (QED) is 0.696. The Balaban J connectivity index is 2.28. The molecule has 0 unspecified atom stereocenters. The zero-order valence-electron chi connectivity index (χ0n) is 14.9. The van der Waals surface area contributed by atoms with Gasteiger partial charge in [0.25, 0.3) is 5.91 Å². The zero-order chi connectivity index (χ0) is 20.4. The number of hydrogen-bond acceptors (Lipinski definition) is 7. The summed E-state index contributed by atoms with van der Waals surface area (Å²) in [4.78, 5) is 35.8. The molecule has 0 fully saturated rings. The Morgan fingerprint density at radius 2 is 1.74 bits per heavy atom. The lowest BCUT2D eigenvalue weighted by Crippen LogP contribution is -2.24. The van der Waals surface area contributed by atoms with Crippen LogP contribution in [-0.2, 0) is 19.4 Å². The number of ether oxygens (including phenoxy) is 1. The summed E-state index contributed by atoms with van der Waals surface area (Å²) in [6.07, 6.45) is 0. The topological polar surface area (TPSA) is 133 Å². The molecule has 0 atom stereocenters. The van der Waals surface area contributed by atoms with Crippen LogP contribution in [0.4, 0.5) is 5.00 Å². The molecule has 10 heteroatoms. The third kappa shape index (κ3) is 4.52.